The number of halogens is 3. The number of aromatic amines is 1. The lowest BCUT2D eigenvalue weighted by atomic mass is 9.98. The molecule has 0 saturated carbocycles. The number of carbonyl (C=O) groups is 1. The minimum atomic E-state index is -4.87. The van der Waals surface area contributed by atoms with Crippen LogP contribution in [-0.2, 0) is 11.3 Å². The Hall–Kier alpha value is -2.81. The highest BCUT2D eigenvalue weighted by Crippen LogP contribution is 2.27. The van der Waals surface area contributed by atoms with Crippen molar-refractivity contribution in [2.75, 3.05) is 0 Å². The first-order valence-electron chi connectivity index (χ1n) is 10.1. The maximum absolute atomic E-state index is 13.2. The van der Waals surface area contributed by atoms with Gasteiger partial charge in [-0.05, 0) is 24.0 Å². The molecule has 0 bridgehead atoms. The van der Waals surface area contributed by atoms with Crippen LogP contribution in [0.5, 0.6) is 0 Å². The number of fused-ring (bicyclic) bond motifs is 3. The maximum Gasteiger partial charge on any atom is 0.416 e. The zero-order valence-electron chi connectivity index (χ0n) is 17.7. The van der Waals surface area contributed by atoms with E-state index in [2.05, 4.69) is 10.3 Å². The monoisotopic (exact) mass is 437 g/mol. The van der Waals surface area contributed by atoms with Gasteiger partial charge in [0.1, 0.15) is 12.1 Å². The number of amides is 1. The van der Waals surface area contributed by atoms with Crippen LogP contribution in [0.3, 0.4) is 0 Å². The summed E-state index contributed by atoms with van der Waals surface area (Å²) in [5.41, 5.74) is 1.27. The topological polar surface area (TPSA) is 87.1 Å². The highest BCUT2D eigenvalue weighted by Gasteiger charge is 2.45. The van der Waals surface area contributed by atoms with Gasteiger partial charge in [-0.1, -0.05) is 45.9 Å². The van der Waals surface area contributed by atoms with Gasteiger partial charge in [0.15, 0.2) is 6.10 Å². The number of nitrogens with one attached hydrogen (secondary N) is 2. The summed E-state index contributed by atoms with van der Waals surface area (Å²) in [4.78, 5) is 28.9. The van der Waals surface area contributed by atoms with Gasteiger partial charge >= 0.3 is 6.18 Å². The summed E-state index contributed by atoms with van der Waals surface area (Å²) in [5, 5.41) is 13.5. The number of benzene rings is 1. The lowest BCUT2D eigenvalue weighted by molar-refractivity contribution is -0.215. The molecule has 9 heteroatoms. The van der Waals surface area contributed by atoms with Crippen molar-refractivity contribution in [1.29, 1.82) is 0 Å². The van der Waals surface area contributed by atoms with Crippen molar-refractivity contribution in [3.05, 3.63) is 46.4 Å². The van der Waals surface area contributed by atoms with E-state index in [1.807, 2.05) is 44.2 Å². The van der Waals surface area contributed by atoms with Crippen LogP contribution in [-0.4, -0.2) is 38.9 Å². The summed E-state index contributed by atoms with van der Waals surface area (Å²) in [6, 6.07) is 7.74. The molecule has 31 heavy (non-hydrogen) atoms. The number of alkyl halides is 3. The van der Waals surface area contributed by atoms with Gasteiger partial charge in [-0.25, -0.2) is 0 Å². The molecule has 0 saturated heterocycles. The van der Waals surface area contributed by atoms with E-state index >= 15 is 0 Å². The molecular formula is C22H26F3N3O3. The van der Waals surface area contributed by atoms with Gasteiger partial charge in [-0.2, -0.15) is 13.2 Å². The molecule has 0 aliphatic carbocycles. The average molecular weight is 437 g/mol. The van der Waals surface area contributed by atoms with Crippen LogP contribution < -0.4 is 10.9 Å². The first-order valence-corrected chi connectivity index (χ1v) is 10.1. The Balaban J connectivity index is 2.01. The SMILES string of the molecule is CC(C)c1cc2c([nH]c3ccccc32)c(=O)n1CC(=O)NC(C(C)C)C(O)C(F)(F)F. The van der Waals surface area contributed by atoms with E-state index in [0.717, 1.165) is 16.3 Å². The van der Waals surface area contributed by atoms with E-state index in [4.69, 9.17) is 0 Å². The summed E-state index contributed by atoms with van der Waals surface area (Å²) in [7, 11) is 0. The number of aliphatic hydroxyl groups is 1. The molecule has 2 heterocycles. The van der Waals surface area contributed by atoms with E-state index in [9.17, 15) is 27.9 Å². The molecule has 0 radical (unpaired) electrons. The first-order chi connectivity index (χ1) is 14.4. The normalized spacial score (nSPS) is 14.5. The van der Waals surface area contributed by atoms with Crippen molar-refractivity contribution >= 4 is 27.7 Å². The van der Waals surface area contributed by atoms with Gasteiger partial charge in [0.25, 0.3) is 5.56 Å². The average Bonchev–Trinajstić information content (AvgIpc) is 3.05. The predicted molar refractivity (Wildman–Crippen MR) is 113 cm³/mol. The third kappa shape index (κ3) is 4.46. The fourth-order valence-corrected chi connectivity index (χ4v) is 3.79. The van der Waals surface area contributed by atoms with Crippen LogP contribution >= 0.6 is 0 Å². The van der Waals surface area contributed by atoms with E-state index < -0.39 is 42.3 Å². The van der Waals surface area contributed by atoms with Gasteiger partial charge in [-0.3, -0.25) is 9.59 Å². The number of carbonyl (C=O) groups excluding carboxylic acids is 1. The van der Waals surface area contributed by atoms with Crippen molar-refractivity contribution in [1.82, 2.24) is 14.9 Å². The van der Waals surface area contributed by atoms with Gasteiger partial charge in [0, 0.05) is 22.0 Å². The highest BCUT2D eigenvalue weighted by atomic mass is 19.4. The summed E-state index contributed by atoms with van der Waals surface area (Å²) >= 11 is 0. The number of rotatable bonds is 6. The second-order valence-electron chi connectivity index (χ2n) is 8.40. The minimum absolute atomic E-state index is 0.111. The standard InChI is InChI=1S/C22H26F3N3O3/c1-11(2)16-9-14-13-7-5-6-8-15(13)26-19(14)21(31)28(16)10-17(29)27-18(12(3)4)20(30)22(23,24)25/h5-9,11-12,18,20,26,30H,10H2,1-4H3,(H,27,29). The lowest BCUT2D eigenvalue weighted by Crippen LogP contribution is -2.53. The van der Waals surface area contributed by atoms with E-state index in [0.29, 0.717) is 11.2 Å². The lowest BCUT2D eigenvalue weighted by Gasteiger charge is -2.29. The molecule has 3 rings (SSSR count). The van der Waals surface area contributed by atoms with Crippen molar-refractivity contribution in [3.63, 3.8) is 0 Å². The summed E-state index contributed by atoms with van der Waals surface area (Å²) < 4.78 is 40.2. The van der Waals surface area contributed by atoms with Crippen LogP contribution in [0.25, 0.3) is 21.8 Å². The number of pyridine rings is 1. The molecule has 0 fully saturated rings. The van der Waals surface area contributed by atoms with Crippen molar-refractivity contribution in [2.45, 2.75) is 58.5 Å². The molecule has 3 N–H and O–H groups in total. The summed E-state index contributed by atoms with van der Waals surface area (Å²) in [5.74, 6) is -1.56. The second-order valence-corrected chi connectivity index (χ2v) is 8.40. The molecule has 0 spiro atoms. The largest absolute Gasteiger partial charge is 0.416 e. The number of para-hydroxylation sites is 1. The van der Waals surface area contributed by atoms with Gasteiger partial charge in [-0.15, -0.1) is 0 Å². The Morgan fingerprint density at radius 3 is 2.39 bits per heavy atom. The molecular weight excluding hydrogens is 411 g/mol. The molecule has 6 nitrogen and oxygen atoms in total. The molecule has 168 valence electrons. The van der Waals surface area contributed by atoms with Crippen LogP contribution in [0.15, 0.2) is 35.1 Å². The Bertz CT molecular complexity index is 1160. The number of aromatic nitrogens is 2. The predicted octanol–water partition coefficient (Wildman–Crippen LogP) is 3.67. The first kappa shape index (κ1) is 22.9. The molecule has 2 aromatic heterocycles. The third-order valence-corrected chi connectivity index (χ3v) is 5.42. The zero-order valence-corrected chi connectivity index (χ0v) is 17.7. The molecule has 1 amide bonds. The Morgan fingerprint density at radius 1 is 1.16 bits per heavy atom. The Labute approximate surface area is 177 Å². The Kier molecular flexibility index (Phi) is 6.18. The van der Waals surface area contributed by atoms with E-state index in [1.165, 1.54) is 18.4 Å². The summed E-state index contributed by atoms with van der Waals surface area (Å²) in [6.07, 6.45) is -7.57. The highest BCUT2D eigenvalue weighted by molar-refractivity contribution is 6.07. The smallest absolute Gasteiger partial charge is 0.382 e. The number of hydrogen-bond donors (Lipinski definition) is 3. The number of H-pyrrole nitrogens is 1. The zero-order chi connectivity index (χ0) is 23.1. The Morgan fingerprint density at radius 2 is 1.81 bits per heavy atom. The van der Waals surface area contributed by atoms with Crippen LogP contribution in [0.2, 0.25) is 0 Å². The van der Waals surface area contributed by atoms with Crippen LogP contribution in [0, 0.1) is 5.92 Å². The molecule has 3 aromatic rings. The van der Waals surface area contributed by atoms with Crippen molar-refractivity contribution < 1.29 is 23.1 Å². The van der Waals surface area contributed by atoms with Gasteiger partial charge in [0.2, 0.25) is 5.91 Å². The van der Waals surface area contributed by atoms with Crippen molar-refractivity contribution in [2.24, 2.45) is 5.92 Å². The fourth-order valence-electron chi connectivity index (χ4n) is 3.79. The van der Waals surface area contributed by atoms with Gasteiger partial charge < -0.3 is 20.0 Å². The van der Waals surface area contributed by atoms with Crippen LogP contribution in [0.4, 0.5) is 13.2 Å². The maximum atomic E-state index is 13.2. The van der Waals surface area contributed by atoms with Crippen molar-refractivity contribution in [3.8, 4) is 0 Å². The van der Waals surface area contributed by atoms with Gasteiger partial charge in [0.05, 0.1) is 6.04 Å². The molecule has 0 aliphatic heterocycles. The number of nitrogens with zero attached hydrogens (tertiary/aromatic N) is 1. The molecule has 2 unspecified atom stereocenters. The number of hydrogen-bond acceptors (Lipinski definition) is 3. The minimum Gasteiger partial charge on any atom is -0.382 e. The quantitative estimate of drug-likeness (QED) is 0.550. The van der Waals surface area contributed by atoms with Crippen LogP contribution in [0.1, 0.15) is 39.3 Å². The van der Waals surface area contributed by atoms with E-state index in [1.54, 1.807) is 0 Å². The molecule has 0 aliphatic rings. The number of aliphatic hydroxyl groups excluding tert-OH is 1. The second kappa shape index (κ2) is 8.37. The summed E-state index contributed by atoms with van der Waals surface area (Å²) in [6.45, 7) is 6.23. The fraction of sp³-hybridized carbons (Fsp3) is 0.455. The molecule has 2 atom stereocenters. The molecule has 1 aromatic carbocycles. The third-order valence-electron chi connectivity index (χ3n) is 5.42. The van der Waals surface area contributed by atoms with E-state index in [-0.39, 0.29) is 5.92 Å².